The summed E-state index contributed by atoms with van der Waals surface area (Å²) in [7, 11) is 0. The Morgan fingerprint density at radius 2 is 2.00 bits per heavy atom. The van der Waals surface area contributed by atoms with Gasteiger partial charge in [0.1, 0.15) is 12.4 Å². The summed E-state index contributed by atoms with van der Waals surface area (Å²) in [5.41, 5.74) is 2.64. The number of thioether (sulfide) groups is 1. The average molecular weight is 380 g/mol. The first-order valence-corrected chi connectivity index (χ1v) is 10.1. The normalized spacial score (nSPS) is 12.5. The lowest BCUT2D eigenvalue weighted by molar-refractivity contribution is -0.122. The van der Waals surface area contributed by atoms with Crippen LogP contribution in [0.4, 0.5) is 0 Å². The van der Waals surface area contributed by atoms with Gasteiger partial charge in [-0.05, 0) is 37.4 Å². The van der Waals surface area contributed by atoms with Gasteiger partial charge in [0.05, 0.1) is 22.8 Å². The van der Waals surface area contributed by atoms with Crippen LogP contribution in [0.1, 0.15) is 24.6 Å². The topological polar surface area (TPSA) is 77.1 Å². The molecule has 1 unspecified atom stereocenters. The van der Waals surface area contributed by atoms with Gasteiger partial charge in [0.25, 0.3) is 0 Å². The minimum Gasteiger partial charge on any atom is -0.345 e. The van der Waals surface area contributed by atoms with Crippen LogP contribution in [0, 0.1) is 0 Å². The van der Waals surface area contributed by atoms with E-state index in [4.69, 9.17) is 0 Å². The molecule has 0 radical (unpaired) electrons. The summed E-state index contributed by atoms with van der Waals surface area (Å²) in [4.78, 5) is 17.4. The second kappa shape index (κ2) is 7.40. The molecule has 0 aliphatic rings. The van der Waals surface area contributed by atoms with Crippen LogP contribution < -0.4 is 5.32 Å². The lowest BCUT2D eigenvalue weighted by atomic mass is 10.3. The Hall–Kier alpha value is -2.87. The molecule has 4 aromatic rings. The van der Waals surface area contributed by atoms with Crippen molar-refractivity contribution in [1.82, 2.24) is 29.5 Å². The van der Waals surface area contributed by atoms with Gasteiger partial charge in [0.2, 0.25) is 5.91 Å². The van der Waals surface area contributed by atoms with Gasteiger partial charge in [-0.2, -0.15) is 11.8 Å². The highest BCUT2D eigenvalue weighted by Crippen LogP contribution is 2.19. The number of hydrogen-bond donors (Lipinski definition) is 1. The number of carbonyl (C=O) groups excluding carboxylic acids is 1. The van der Waals surface area contributed by atoms with Crippen molar-refractivity contribution in [3.63, 3.8) is 0 Å². The molecule has 0 saturated carbocycles. The van der Waals surface area contributed by atoms with Gasteiger partial charge in [0, 0.05) is 6.20 Å². The standard InChI is InChI=1S/C19H20N6OS/c1-13(19-23-22-16-9-5-6-10-24(16)19)20-18(26)11-25-15-8-4-3-7-14(15)21-17(25)12-27-2/h3-10,13H,11-12H2,1-2H3,(H,20,26). The first-order chi connectivity index (χ1) is 13.2. The highest BCUT2D eigenvalue weighted by Gasteiger charge is 2.18. The second-order valence-electron chi connectivity index (χ2n) is 6.31. The number of pyridine rings is 1. The van der Waals surface area contributed by atoms with Crippen molar-refractivity contribution in [1.29, 1.82) is 0 Å². The fraction of sp³-hybridized carbons (Fsp3) is 0.263. The molecule has 0 aliphatic carbocycles. The smallest absolute Gasteiger partial charge is 0.240 e. The zero-order chi connectivity index (χ0) is 18.8. The third-order valence-corrected chi connectivity index (χ3v) is 4.96. The van der Waals surface area contributed by atoms with E-state index in [1.165, 1.54) is 0 Å². The summed E-state index contributed by atoms with van der Waals surface area (Å²) in [5, 5.41) is 11.4. The largest absolute Gasteiger partial charge is 0.345 e. The van der Waals surface area contributed by atoms with Crippen LogP contribution in [-0.4, -0.2) is 36.3 Å². The van der Waals surface area contributed by atoms with Crippen LogP contribution in [0.5, 0.6) is 0 Å². The van der Waals surface area contributed by atoms with Crippen LogP contribution in [0.2, 0.25) is 0 Å². The van der Waals surface area contributed by atoms with Crippen LogP contribution in [0.3, 0.4) is 0 Å². The quantitative estimate of drug-likeness (QED) is 0.557. The Labute approximate surface area is 160 Å². The molecular weight excluding hydrogens is 360 g/mol. The van der Waals surface area contributed by atoms with Gasteiger partial charge in [-0.25, -0.2) is 4.98 Å². The Kier molecular flexibility index (Phi) is 4.81. The molecule has 1 amide bonds. The van der Waals surface area contributed by atoms with Crippen molar-refractivity contribution in [2.75, 3.05) is 6.26 Å². The Morgan fingerprint density at radius 3 is 2.85 bits per heavy atom. The number of hydrogen-bond acceptors (Lipinski definition) is 5. The molecule has 7 nitrogen and oxygen atoms in total. The summed E-state index contributed by atoms with van der Waals surface area (Å²) in [6.45, 7) is 2.13. The zero-order valence-electron chi connectivity index (χ0n) is 15.2. The minimum atomic E-state index is -0.256. The number of benzene rings is 1. The molecule has 0 bridgehead atoms. The molecule has 138 valence electrons. The maximum absolute atomic E-state index is 12.7. The minimum absolute atomic E-state index is 0.0827. The van der Waals surface area contributed by atoms with E-state index in [9.17, 15) is 4.79 Å². The van der Waals surface area contributed by atoms with E-state index in [0.717, 1.165) is 28.3 Å². The van der Waals surface area contributed by atoms with Gasteiger partial charge in [-0.1, -0.05) is 18.2 Å². The number of nitrogens with zero attached hydrogens (tertiary/aromatic N) is 5. The third-order valence-electron chi connectivity index (χ3n) is 4.41. The van der Waals surface area contributed by atoms with Gasteiger partial charge in [-0.3, -0.25) is 9.20 Å². The van der Waals surface area contributed by atoms with Gasteiger partial charge in [0.15, 0.2) is 11.5 Å². The first kappa shape index (κ1) is 17.5. The van der Waals surface area contributed by atoms with Gasteiger partial charge < -0.3 is 9.88 Å². The summed E-state index contributed by atoms with van der Waals surface area (Å²) in [6.07, 6.45) is 3.93. The molecule has 0 aliphatic heterocycles. The molecule has 1 N–H and O–H groups in total. The van der Waals surface area contributed by atoms with Crippen molar-refractivity contribution in [2.24, 2.45) is 0 Å². The molecule has 0 spiro atoms. The fourth-order valence-corrected chi connectivity index (χ4v) is 3.67. The number of amides is 1. The van der Waals surface area contributed by atoms with Crippen LogP contribution in [0.15, 0.2) is 48.7 Å². The number of carbonyl (C=O) groups is 1. The second-order valence-corrected chi connectivity index (χ2v) is 7.18. The van der Waals surface area contributed by atoms with E-state index >= 15 is 0 Å². The van der Waals surface area contributed by atoms with Gasteiger partial charge >= 0.3 is 0 Å². The Balaban J connectivity index is 1.56. The van der Waals surface area contributed by atoms with Crippen LogP contribution in [-0.2, 0) is 17.1 Å². The molecule has 0 fully saturated rings. The number of fused-ring (bicyclic) bond motifs is 2. The van der Waals surface area contributed by atoms with E-state index in [1.54, 1.807) is 11.8 Å². The van der Waals surface area contributed by atoms with Crippen LogP contribution in [0.25, 0.3) is 16.7 Å². The SMILES string of the molecule is CSCc1nc2ccccc2n1CC(=O)NC(C)c1nnc2ccccn12. The van der Waals surface area contributed by atoms with E-state index in [1.807, 2.05) is 70.8 Å². The lowest BCUT2D eigenvalue weighted by Gasteiger charge is -2.14. The summed E-state index contributed by atoms with van der Waals surface area (Å²) in [6, 6.07) is 13.3. The predicted octanol–water partition coefficient (Wildman–Crippen LogP) is 2.82. The third kappa shape index (κ3) is 3.40. The van der Waals surface area contributed by atoms with Crippen molar-refractivity contribution < 1.29 is 4.79 Å². The number of aromatic nitrogens is 5. The zero-order valence-corrected chi connectivity index (χ0v) is 16.0. The fourth-order valence-electron chi connectivity index (χ4n) is 3.19. The van der Waals surface area contributed by atoms with Crippen molar-refractivity contribution in [2.45, 2.75) is 25.3 Å². The maximum Gasteiger partial charge on any atom is 0.240 e. The van der Waals surface area contributed by atoms with Gasteiger partial charge in [-0.15, -0.1) is 10.2 Å². The first-order valence-electron chi connectivity index (χ1n) is 8.69. The highest BCUT2D eigenvalue weighted by molar-refractivity contribution is 7.97. The summed E-state index contributed by atoms with van der Waals surface area (Å²) >= 11 is 1.69. The highest BCUT2D eigenvalue weighted by atomic mass is 32.2. The van der Waals surface area contributed by atoms with Crippen LogP contribution >= 0.6 is 11.8 Å². The number of nitrogens with one attached hydrogen (secondary N) is 1. The number of rotatable bonds is 6. The summed E-state index contributed by atoms with van der Waals surface area (Å²) < 4.78 is 3.87. The number of para-hydroxylation sites is 2. The molecule has 8 heteroatoms. The predicted molar refractivity (Wildman–Crippen MR) is 106 cm³/mol. The molecule has 3 heterocycles. The van der Waals surface area contributed by atoms with Crippen molar-refractivity contribution >= 4 is 34.3 Å². The van der Waals surface area contributed by atoms with E-state index in [-0.39, 0.29) is 18.5 Å². The van der Waals surface area contributed by atoms with Crippen molar-refractivity contribution in [3.05, 3.63) is 60.3 Å². The van der Waals surface area contributed by atoms with E-state index in [2.05, 4.69) is 20.5 Å². The molecule has 27 heavy (non-hydrogen) atoms. The molecular formula is C19H20N6OS. The molecule has 0 saturated heterocycles. The van der Waals surface area contributed by atoms with Crippen molar-refractivity contribution in [3.8, 4) is 0 Å². The average Bonchev–Trinajstić information content (AvgIpc) is 3.24. The van der Waals surface area contributed by atoms with E-state index in [0.29, 0.717) is 5.82 Å². The molecule has 4 rings (SSSR count). The maximum atomic E-state index is 12.7. The monoisotopic (exact) mass is 380 g/mol. The summed E-state index contributed by atoms with van der Waals surface area (Å²) in [5.74, 6) is 2.28. The molecule has 1 atom stereocenters. The molecule has 1 aromatic carbocycles. The van der Waals surface area contributed by atoms with E-state index < -0.39 is 0 Å². The molecule has 3 aromatic heterocycles. The Bertz CT molecular complexity index is 1100. The lowest BCUT2D eigenvalue weighted by Crippen LogP contribution is -2.31. The number of imidazole rings is 1. The Morgan fingerprint density at radius 1 is 1.19 bits per heavy atom.